The van der Waals surface area contributed by atoms with Gasteiger partial charge in [-0.1, -0.05) is 25.0 Å². The van der Waals surface area contributed by atoms with Gasteiger partial charge in [0.2, 0.25) is 11.8 Å². The molecule has 1 saturated carbocycles. The highest BCUT2D eigenvalue weighted by molar-refractivity contribution is 5.96. The maximum Gasteiger partial charge on any atom is 0.408 e. The molecule has 3 aliphatic rings. The lowest BCUT2D eigenvalue weighted by molar-refractivity contribution is -0.145. The van der Waals surface area contributed by atoms with Crippen molar-refractivity contribution in [2.24, 2.45) is 5.92 Å². The van der Waals surface area contributed by atoms with Crippen LogP contribution in [-0.4, -0.2) is 91.6 Å². The number of hydrogen-bond acceptors (Lipinski definition) is 9. The van der Waals surface area contributed by atoms with Crippen molar-refractivity contribution in [3.63, 3.8) is 0 Å². The zero-order chi connectivity index (χ0) is 36.5. The number of amides is 3. The van der Waals surface area contributed by atoms with E-state index in [0.717, 1.165) is 24.8 Å². The first-order valence-electron chi connectivity index (χ1n) is 17.5. The molecule has 3 aromatic rings. The highest BCUT2D eigenvalue weighted by Gasteiger charge is 2.61. The standard InChI is InChI=1S/C37H46N6O8/c1-22-19-38-43(20-22)31-17-30(26-14-13-24(49-5)15-28(26)39-31)50-25-16-29-32(44)41-37(34(46)47)18-23(37)11-9-7-6-8-10-12-27(33(45)42(29)21-25)40-35(48)51-36(2,3)4/h9,11,13-15,17,19-20,23,25,27,29H,6-8,10,12,16,18,21H2,1-5H3,(H,40,48)(H,41,44)(H,46,47)/b11-9-/t23-,25-,27?,29+,37-/m1/s1. The van der Waals surface area contributed by atoms with Gasteiger partial charge in [0, 0.05) is 36.1 Å². The van der Waals surface area contributed by atoms with Gasteiger partial charge in [-0.3, -0.25) is 9.59 Å². The Morgan fingerprint density at radius 2 is 1.94 bits per heavy atom. The average Bonchev–Trinajstić information content (AvgIpc) is 3.34. The third kappa shape index (κ3) is 7.94. The predicted molar refractivity (Wildman–Crippen MR) is 187 cm³/mol. The number of pyridine rings is 1. The molecule has 14 heteroatoms. The van der Waals surface area contributed by atoms with Crippen LogP contribution in [0.25, 0.3) is 16.7 Å². The van der Waals surface area contributed by atoms with Crippen LogP contribution in [0.1, 0.15) is 71.3 Å². The Morgan fingerprint density at radius 1 is 1.14 bits per heavy atom. The second-order valence-corrected chi connectivity index (χ2v) is 14.6. The number of aromatic nitrogens is 3. The van der Waals surface area contributed by atoms with Gasteiger partial charge in [-0.25, -0.2) is 19.3 Å². The van der Waals surface area contributed by atoms with Gasteiger partial charge in [0.25, 0.3) is 0 Å². The summed E-state index contributed by atoms with van der Waals surface area (Å²) in [6.07, 6.45) is 9.68. The molecule has 14 nitrogen and oxygen atoms in total. The number of carbonyl (C=O) groups excluding carboxylic acids is 3. The third-order valence-electron chi connectivity index (χ3n) is 9.52. The van der Waals surface area contributed by atoms with Crippen LogP contribution in [0.3, 0.4) is 0 Å². The highest BCUT2D eigenvalue weighted by atomic mass is 16.6. The number of nitrogens with zero attached hydrogens (tertiary/aromatic N) is 4. The lowest BCUT2D eigenvalue weighted by Crippen LogP contribution is -2.56. The molecule has 1 aliphatic carbocycles. The number of carbonyl (C=O) groups is 4. The Labute approximate surface area is 296 Å². The molecular formula is C37H46N6O8. The van der Waals surface area contributed by atoms with E-state index >= 15 is 0 Å². The number of ether oxygens (including phenoxy) is 3. The second-order valence-electron chi connectivity index (χ2n) is 14.6. The van der Waals surface area contributed by atoms with Crippen molar-refractivity contribution in [1.82, 2.24) is 30.3 Å². The Kier molecular flexibility index (Phi) is 9.96. The molecule has 3 N–H and O–H groups in total. The van der Waals surface area contributed by atoms with E-state index in [1.807, 2.05) is 31.3 Å². The number of alkyl carbamates (subject to hydrolysis) is 1. The number of aliphatic carboxylic acids is 1. The van der Waals surface area contributed by atoms with E-state index in [1.165, 1.54) is 4.90 Å². The minimum atomic E-state index is -1.45. The van der Waals surface area contributed by atoms with E-state index < -0.39 is 53.2 Å². The molecular weight excluding hydrogens is 656 g/mol. The van der Waals surface area contributed by atoms with E-state index in [4.69, 9.17) is 19.2 Å². The maximum absolute atomic E-state index is 14.4. The Morgan fingerprint density at radius 3 is 2.65 bits per heavy atom. The molecule has 6 rings (SSSR count). The third-order valence-corrected chi connectivity index (χ3v) is 9.52. The van der Waals surface area contributed by atoms with Crippen molar-refractivity contribution >= 4 is 34.8 Å². The smallest absolute Gasteiger partial charge is 0.408 e. The summed E-state index contributed by atoms with van der Waals surface area (Å²) in [5.41, 5.74) is -0.704. The number of rotatable bonds is 6. The lowest BCUT2D eigenvalue weighted by Gasteiger charge is -2.30. The normalized spacial score (nSPS) is 26.2. The summed E-state index contributed by atoms with van der Waals surface area (Å²) in [4.78, 5) is 60.1. The van der Waals surface area contributed by atoms with Gasteiger partial charge in [0.05, 0.1) is 25.4 Å². The molecule has 1 saturated heterocycles. The van der Waals surface area contributed by atoms with Gasteiger partial charge >= 0.3 is 12.1 Å². The van der Waals surface area contributed by atoms with Gasteiger partial charge in [-0.15, -0.1) is 0 Å². The molecule has 2 fully saturated rings. The number of nitrogens with one attached hydrogen (secondary N) is 2. The van der Waals surface area contributed by atoms with Crippen LogP contribution in [0.15, 0.2) is 48.8 Å². The van der Waals surface area contributed by atoms with Crippen LogP contribution in [-0.2, 0) is 19.1 Å². The average molecular weight is 703 g/mol. The van der Waals surface area contributed by atoms with Gasteiger partial charge in [0.15, 0.2) is 5.82 Å². The molecule has 0 spiro atoms. The molecule has 51 heavy (non-hydrogen) atoms. The maximum atomic E-state index is 14.4. The van der Waals surface area contributed by atoms with Crippen molar-refractivity contribution in [3.8, 4) is 17.3 Å². The molecule has 1 unspecified atom stereocenters. The first kappa shape index (κ1) is 35.7. The molecule has 3 amide bonds. The fourth-order valence-corrected chi connectivity index (χ4v) is 6.82. The van der Waals surface area contributed by atoms with Crippen LogP contribution >= 0.6 is 0 Å². The zero-order valence-corrected chi connectivity index (χ0v) is 29.7. The number of carboxylic acid groups (broad SMARTS) is 1. The summed E-state index contributed by atoms with van der Waals surface area (Å²) in [6, 6.07) is 5.14. The summed E-state index contributed by atoms with van der Waals surface area (Å²) in [6.45, 7) is 7.15. The van der Waals surface area contributed by atoms with Crippen LogP contribution in [0, 0.1) is 12.8 Å². The summed E-state index contributed by atoms with van der Waals surface area (Å²) < 4.78 is 19.2. The second kappa shape index (κ2) is 14.2. The van der Waals surface area contributed by atoms with E-state index in [-0.39, 0.29) is 25.3 Å². The van der Waals surface area contributed by atoms with Crippen molar-refractivity contribution in [2.75, 3.05) is 13.7 Å². The van der Waals surface area contributed by atoms with Gasteiger partial charge in [0.1, 0.15) is 40.8 Å². The first-order chi connectivity index (χ1) is 24.3. The monoisotopic (exact) mass is 702 g/mol. The SMILES string of the molecule is COc1ccc2c(O[C@@H]3C[C@H]4C(=O)N[C@]5(C(=O)O)C[C@H]5/C=C\CCCCCC(NC(=O)OC(C)(C)C)C(=O)N4C3)cc(-n3cc(C)cn3)nc2c1. The fourth-order valence-electron chi connectivity index (χ4n) is 6.82. The van der Waals surface area contributed by atoms with Crippen molar-refractivity contribution in [2.45, 2.75) is 102 Å². The largest absolute Gasteiger partial charge is 0.497 e. The lowest BCUT2D eigenvalue weighted by atomic mass is 10.0. The number of methoxy groups -OCH3 is 1. The molecule has 272 valence electrons. The van der Waals surface area contributed by atoms with Gasteiger partial charge in [-0.2, -0.15) is 5.10 Å². The summed E-state index contributed by atoms with van der Waals surface area (Å²) in [7, 11) is 1.57. The fraction of sp³-hybridized carbons (Fsp3) is 0.514. The van der Waals surface area contributed by atoms with Crippen LogP contribution in [0.2, 0.25) is 0 Å². The number of carboxylic acids is 1. The quantitative estimate of drug-likeness (QED) is 0.311. The van der Waals surface area contributed by atoms with Gasteiger partial charge in [-0.05, 0) is 71.1 Å². The first-order valence-corrected chi connectivity index (χ1v) is 17.5. The molecule has 2 aliphatic heterocycles. The molecule has 2 aromatic heterocycles. The zero-order valence-electron chi connectivity index (χ0n) is 29.7. The van der Waals surface area contributed by atoms with E-state index in [1.54, 1.807) is 57.0 Å². The minimum Gasteiger partial charge on any atom is -0.497 e. The number of allylic oxidation sites excluding steroid dienone is 1. The van der Waals surface area contributed by atoms with Crippen molar-refractivity contribution < 1.29 is 38.5 Å². The van der Waals surface area contributed by atoms with E-state index in [2.05, 4.69) is 15.7 Å². The Balaban J connectivity index is 1.34. The van der Waals surface area contributed by atoms with Crippen molar-refractivity contribution in [3.05, 3.63) is 54.4 Å². The van der Waals surface area contributed by atoms with Crippen LogP contribution in [0.5, 0.6) is 11.5 Å². The van der Waals surface area contributed by atoms with Crippen LogP contribution < -0.4 is 20.1 Å². The molecule has 0 radical (unpaired) electrons. The summed E-state index contributed by atoms with van der Waals surface area (Å²) in [5.74, 6) is -0.962. The van der Waals surface area contributed by atoms with Crippen molar-refractivity contribution in [1.29, 1.82) is 0 Å². The summed E-state index contributed by atoms with van der Waals surface area (Å²) >= 11 is 0. The Bertz CT molecular complexity index is 1850. The van der Waals surface area contributed by atoms with Gasteiger partial charge < -0.3 is 34.9 Å². The number of fused-ring (bicyclic) bond motifs is 3. The molecule has 4 heterocycles. The molecule has 0 bridgehead atoms. The predicted octanol–water partition coefficient (Wildman–Crippen LogP) is 4.46. The van der Waals surface area contributed by atoms with E-state index in [9.17, 15) is 24.3 Å². The number of benzene rings is 1. The molecule has 5 atom stereocenters. The Hall–Kier alpha value is -5.14. The minimum absolute atomic E-state index is 0.0169. The molecule has 1 aromatic carbocycles. The number of hydrogen-bond donors (Lipinski definition) is 3. The topological polar surface area (TPSA) is 174 Å². The number of aryl methyl sites for hydroxylation is 1. The summed E-state index contributed by atoms with van der Waals surface area (Å²) in [5, 5.41) is 20.8. The van der Waals surface area contributed by atoms with Crippen LogP contribution in [0.4, 0.5) is 4.79 Å². The van der Waals surface area contributed by atoms with E-state index in [0.29, 0.717) is 41.1 Å². The highest BCUT2D eigenvalue weighted by Crippen LogP contribution is 2.45.